The number of hydrogen-bond donors (Lipinski definition) is 2. The fourth-order valence-corrected chi connectivity index (χ4v) is 3.63. The van der Waals surface area contributed by atoms with E-state index < -0.39 is 11.7 Å². The van der Waals surface area contributed by atoms with Crippen LogP contribution in [-0.2, 0) is 9.53 Å². The molecule has 0 saturated heterocycles. The summed E-state index contributed by atoms with van der Waals surface area (Å²) in [7, 11) is 1.60. The Morgan fingerprint density at radius 2 is 1.87 bits per heavy atom. The normalized spacial score (nSPS) is 11.5. The molecule has 2 amide bonds. The van der Waals surface area contributed by atoms with Crippen LogP contribution in [0.4, 0.5) is 26.2 Å². The van der Waals surface area contributed by atoms with Crippen LogP contribution < -0.4 is 15.4 Å². The molecule has 3 aromatic rings. The Morgan fingerprint density at radius 1 is 1.13 bits per heavy atom. The minimum Gasteiger partial charge on any atom is -0.492 e. The van der Waals surface area contributed by atoms with Crippen molar-refractivity contribution in [2.24, 2.45) is 0 Å². The Labute approximate surface area is 222 Å². The smallest absolute Gasteiger partial charge is 0.410 e. The molecule has 3 rings (SSSR count). The first kappa shape index (κ1) is 28.4. The zero-order chi connectivity index (χ0) is 28.0. The Balaban J connectivity index is 1.86. The Hall–Kier alpha value is -4.14. The standard InChI is InChI=1S/C29H35FN4O4/c1-8-37-25-16-23-21(27(19(3)17-31-23)32-20-11-12-22(30)18(2)14-20)15-24(25)33-26(35)10-9-13-34(7)28(36)38-29(4,5)6/h9-12,14-17H,8,13H2,1-7H3,(H,31,32)(H,33,35)/b10-9+. The van der Waals surface area contributed by atoms with Crippen LogP contribution in [0.25, 0.3) is 10.9 Å². The lowest BCUT2D eigenvalue weighted by molar-refractivity contribution is -0.112. The molecule has 0 unspecified atom stereocenters. The van der Waals surface area contributed by atoms with Gasteiger partial charge in [0.05, 0.1) is 23.5 Å². The molecule has 2 N–H and O–H groups in total. The van der Waals surface area contributed by atoms with Gasteiger partial charge in [0.25, 0.3) is 0 Å². The zero-order valence-electron chi connectivity index (χ0n) is 22.9. The molecule has 0 saturated carbocycles. The number of amides is 2. The van der Waals surface area contributed by atoms with Crippen molar-refractivity contribution in [3.8, 4) is 5.75 Å². The number of carbonyl (C=O) groups excluding carboxylic acids is 2. The monoisotopic (exact) mass is 522 g/mol. The van der Waals surface area contributed by atoms with Crippen LogP contribution >= 0.6 is 0 Å². The van der Waals surface area contributed by atoms with Crippen LogP contribution in [-0.4, -0.2) is 47.7 Å². The maximum atomic E-state index is 13.8. The first-order valence-electron chi connectivity index (χ1n) is 12.4. The van der Waals surface area contributed by atoms with Crippen molar-refractivity contribution in [1.29, 1.82) is 0 Å². The SMILES string of the molecule is CCOc1cc2ncc(C)c(Nc3ccc(F)c(C)c3)c2cc1NC(=O)/C=C/CN(C)C(=O)OC(C)(C)C. The molecule has 0 fully saturated rings. The summed E-state index contributed by atoms with van der Waals surface area (Å²) in [5.74, 6) is -0.178. The van der Waals surface area contributed by atoms with Crippen molar-refractivity contribution in [2.75, 3.05) is 30.8 Å². The number of halogens is 1. The summed E-state index contributed by atoms with van der Waals surface area (Å²) in [5.41, 5.74) is 3.47. The zero-order valence-corrected chi connectivity index (χ0v) is 22.9. The number of likely N-dealkylation sites (N-methyl/N-ethyl adjacent to an activating group) is 1. The van der Waals surface area contributed by atoms with E-state index in [2.05, 4.69) is 15.6 Å². The van der Waals surface area contributed by atoms with Crippen molar-refractivity contribution in [2.45, 2.75) is 47.1 Å². The molecular weight excluding hydrogens is 487 g/mol. The van der Waals surface area contributed by atoms with Crippen LogP contribution in [0.5, 0.6) is 5.75 Å². The summed E-state index contributed by atoms with van der Waals surface area (Å²) in [5, 5.41) is 6.99. The molecule has 0 aliphatic rings. The third-order valence-electron chi connectivity index (χ3n) is 5.50. The molecular formula is C29H35FN4O4. The first-order chi connectivity index (χ1) is 17.9. The van der Waals surface area contributed by atoms with Gasteiger partial charge < -0.3 is 25.0 Å². The highest BCUT2D eigenvalue weighted by atomic mass is 19.1. The number of nitrogens with zero attached hydrogens (tertiary/aromatic N) is 2. The lowest BCUT2D eigenvalue weighted by Crippen LogP contribution is -2.34. The van der Waals surface area contributed by atoms with E-state index in [0.29, 0.717) is 29.1 Å². The van der Waals surface area contributed by atoms with Gasteiger partial charge in [-0.15, -0.1) is 0 Å². The lowest BCUT2D eigenvalue weighted by atomic mass is 10.1. The van der Waals surface area contributed by atoms with E-state index in [1.807, 2.05) is 13.8 Å². The highest BCUT2D eigenvalue weighted by molar-refractivity contribution is 6.04. The maximum Gasteiger partial charge on any atom is 0.410 e. The molecule has 0 bridgehead atoms. The largest absolute Gasteiger partial charge is 0.492 e. The van der Waals surface area contributed by atoms with E-state index in [0.717, 1.165) is 22.3 Å². The number of benzene rings is 2. The number of ether oxygens (including phenoxy) is 2. The molecule has 1 aromatic heterocycles. The van der Waals surface area contributed by atoms with E-state index in [9.17, 15) is 14.0 Å². The van der Waals surface area contributed by atoms with Gasteiger partial charge in [-0.05, 0) is 76.9 Å². The number of carbonyl (C=O) groups is 2. The summed E-state index contributed by atoms with van der Waals surface area (Å²) in [6.45, 7) is 11.5. The Bertz CT molecular complexity index is 1360. The van der Waals surface area contributed by atoms with Crippen molar-refractivity contribution >= 4 is 40.0 Å². The average Bonchev–Trinajstić information content (AvgIpc) is 2.83. The van der Waals surface area contributed by atoms with Crippen molar-refractivity contribution < 1.29 is 23.5 Å². The highest BCUT2D eigenvalue weighted by Crippen LogP contribution is 2.36. The number of rotatable bonds is 8. The molecule has 202 valence electrons. The minimum atomic E-state index is -0.603. The molecule has 0 atom stereocenters. The van der Waals surface area contributed by atoms with Crippen LogP contribution in [0.15, 0.2) is 48.7 Å². The molecule has 0 radical (unpaired) electrons. The van der Waals surface area contributed by atoms with Crippen LogP contribution in [0, 0.1) is 19.7 Å². The van der Waals surface area contributed by atoms with Gasteiger partial charge in [-0.25, -0.2) is 9.18 Å². The van der Waals surface area contributed by atoms with Gasteiger partial charge in [-0.1, -0.05) is 6.08 Å². The molecule has 0 aliphatic heterocycles. The fraction of sp³-hybridized carbons (Fsp3) is 0.345. The molecule has 9 heteroatoms. The van der Waals surface area contributed by atoms with Crippen molar-refractivity contribution in [3.63, 3.8) is 0 Å². The second-order valence-corrected chi connectivity index (χ2v) is 9.96. The number of pyridine rings is 1. The van der Waals surface area contributed by atoms with Crippen LogP contribution in [0.3, 0.4) is 0 Å². The summed E-state index contributed by atoms with van der Waals surface area (Å²) in [4.78, 5) is 30.8. The number of fused-ring (bicyclic) bond motifs is 1. The number of aromatic nitrogens is 1. The number of anilines is 3. The predicted octanol–water partition coefficient (Wildman–Crippen LogP) is 6.49. The quantitative estimate of drug-likeness (QED) is 0.328. The molecule has 0 aliphatic carbocycles. The van der Waals surface area contributed by atoms with Crippen LogP contribution in [0.1, 0.15) is 38.8 Å². The summed E-state index contributed by atoms with van der Waals surface area (Å²) in [6.07, 6.45) is 4.21. The second-order valence-electron chi connectivity index (χ2n) is 9.96. The molecule has 8 nitrogen and oxygen atoms in total. The minimum absolute atomic E-state index is 0.201. The predicted molar refractivity (Wildman–Crippen MR) is 149 cm³/mol. The first-order valence-corrected chi connectivity index (χ1v) is 12.4. The lowest BCUT2D eigenvalue weighted by Gasteiger charge is -2.23. The molecule has 1 heterocycles. The summed E-state index contributed by atoms with van der Waals surface area (Å²) in [6, 6.07) is 8.40. The van der Waals surface area contributed by atoms with Gasteiger partial charge in [-0.3, -0.25) is 9.78 Å². The van der Waals surface area contributed by atoms with Gasteiger partial charge in [-0.2, -0.15) is 0 Å². The third-order valence-corrected chi connectivity index (χ3v) is 5.50. The van der Waals surface area contributed by atoms with Crippen molar-refractivity contribution in [1.82, 2.24) is 9.88 Å². The van der Waals surface area contributed by atoms with E-state index >= 15 is 0 Å². The van der Waals surface area contributed by atoms with Gasteiger partial charge >= 0.3 is 6.09 Å². The number of nitrogens with one attached hydrogen (secondary N) is 2. The van der Waals surface area contributed by atoms with E-state index in [1.165, 1.54) is 17.0 Å². The van der Waals surface area contributed by atoms with Crippen LogP contribution in [0.2, 0.25) is 0 Å². The second kappa shape index (κ2) is 11.9. The van der Waals surface area contributed by atoms with Gasteiger partial charge in [0.2, 0.25) is 5.91 Å². The van der Waals surface area contributed by atoms with Gasteiger partial charge in [0, 0.05) is 43.0 Å². The third kappa shape index (κ3) is 7.44. The summed E-state index contributed by atoms with van der Waals surface area (Å²) >= 11 is 0. The molecule has 0 spiro atoms. The highest BCUT2D eigenvalue weighted by Gasteiger charge is 2.19. The molecule has 38 heavy (non-hydrogen) atoms. The van der Waals surface area contributed by atoms with E-state index in [4.69, 9.17) is 9.47 Å². The van der Waals surface area contributed by atoms with Crippen molar-refractivity contribution in [3.05, 3.63) is 65.6 Å². The maximum absolute atomic E-state index is 13.8. The molecule has 2 aromatic carbocycles. The average molecular weight is 523 g/mol. The fourth-order valence-electron chi connectivity index (χ4n) is 3.63. The van der Waals surface area contributed by atoms with E-state index in [-0.39, 0.29) is 18.3 Å². The Morgan fingerprint density at radius 3 is 2.53 bits per heavy atom. The van der Waals surface area contributed by atoms with E-state index in [1.54, 1.807) is 71.3 Å². The van der Waals surface area contributed by atoms with Gasteiger partial charge in [0.1, 0.15) is 17.2 Å². The summed E-state index contributed by atoms with van der Waals surface area (Å²) < 4.78 is 24.9. The number of hydrogen-bond acceptors (Lipinski definition) is 6. The topological polar surface area (TPSA) is 92.8 Å². The number of aryl methyl sites for hydroxylation is 2. The van der Waals surface area contributed by atoms with Gasteiger partial charge in [0.15, 0.2) is 0 Å². The Kier molecular flexibility index (Phi) is 8.93.